The summed E-state index contributed by atoms with van der Waals surface area (Å²) in [6.07, 6.45) is 6.10. The molecule has 0 bridgehead atoms. The van der Waals surface area contributed by atoms with Crippen LogP contribution < -0.4 is 10.6 Å². The predicted molar refractivity (Wildman–Crippen MR) is 123 cm³/mol. The molecular formula is C22H24FIN4O3. The highest BCUT2D eigenvalue weighted by Gasteiger charge is 2.53. The lowest BCUT2D eigenvalue weighted by molar-refractivity contribution is -0.181. The van der Waals surface area contributed by atoms with Crippen LogP contribution in [0.3, 0.4) is 0 Å². The van der Waals surface area contributed by atoms with Crippen molar-refractivity contribution >= 4 is 45.8 Å². The third-order valence-electron chi connectivity index (χ3n) is 5.75. The van der Waals surface area contributed by atoms with Crippen molar-refractivity contribution in [2.75, 3.05) is 25.0 Å². The quantitative estimate of drug-likeness (QED) is 0.449. The van der Waals surface area contributed by atoms with E-state index in [0.717, 1.165) is 29.4 Å². The fraction of sp³-hybridized carbons (Fsp3) is 0.409. The van der Waals surface area contributed by atoms with Crippen LogP contribution in [0.5, 0.6) is 0 Å². The summed E-state index contributed by atoms with van der Waals surface area (Å²) in [5.74, 6) is -0.968. The third kappa shape index (κ3) is 4.67. The largest absolute Gasteiger partial charge is 0.454 e. The average molecular weight is 538 g/mol. The van der Waals surface area contributed by atoms with Crippen molar-refractivity contribution < 1.29 is 18.7 Å². The van der Waals surface area contributed by atoms with E-state index in [1.165, 1.54) is 25.4 Å². The van der Waals surface area contributed by atoms with E-state index in [0.29, 0.717) is 24.3 Å². The van der Waals surface area contributed by atoms with E-state index in [9.17, 15) is 14.0 Å². The molecule has 0 aliphatic carbocycles. The lowest BCUT2D eigenvalue weighted by Crippen LogP contribution is -2.73. The first-order chi connectivity index (χ1) is 14.9. The summed E-state index contributed by atoms with van der Waals surface area (Å²) in [6.45, 7) is 2.92. The molecule has 2 fully saturated rings. The van der Waals surface area contributed by atoms with Crippen molar-refractivity contribution in [3.8, 4) is 0 Å². The standard InChI is InChI=1S/C22H24FIN4O3/c1-14(29)31-22(20-4-2-3-8-26-20)12-28(13-22)21(30)16-7-9-25-11-19(16)27-18-6-5-15(24)10-17(18)23/h5-7,9-11,20,26-27H,2-4,8,12-13H2,1H3/t20-/m0/s1. The molecule has 2 N–H and O–H groups in total. The van der Waals surface area contributed by atoms with E-state index in [2.05, 4.69) is 15.6 Å². The van der Waals surface area contributed by atoms with E-state index in [1.807, 2.05) is 22.6 Å². The molecule has 1 aromatic heterocycles. The van der Waals surface area contributed by atoms with E-state index in [4.69, 9.17) is 4.74 Å². The monoisotopic (exact) mass is 538 g/mol. The van der Waals surface area contributed by atoms with Gasteiger partial charge in [-0.3, -0.25) is 14.6 Å². The summed E-state index contributed by atoms with van der Waals surface area (Å²) < 4.78 is 20.8. The van der Waals surface area contributed by atoms with Gasteiger partial charge in [0.25, 0.3) is 5.91 Å². The van der Waals surface area contributed by atoms with Gasteiger partial charge in [-0.2, -0.15) is 0 Å². The molecule has 2 saturated heterocycles. The van der Waals surface area contributed by atoms with Gasteiger partial charge in [0, 0.05) is 16.7 Å². The topological polar surface area (TPSA) is 83.6 Å². The van der Waals surface area contributed by atoms with Gasteiger partial charge in [0.05, 0.1) is 42.3 Å². The van der Waals surface area contributed by atoms with Crippen molar-refractivity contribution in [3.05, 3.63) is 51.6 Å². The van der Waals surface area contributed by atoms with Gasteiger partial charge in [-0.1, -0.05) is 6.42 Å². The third-order valence-corrected chi connectivity index (χ3v) is 6.42. The molecule has 1 aromatic carbocycles. The molecule has 2 aliphatic rings. The number of hydrogen-bond donors (Lipinski definition) is 2. The Kier molecular flexibility index (Phi) is 6.42. The Morgan fingerprint density at radius 1 is 1.29 bits per heavy atom. The van der Waals surface area contributed by atoms with E-state index in [-0.39, 0.29) is 23.6 Å². The lowest BCUT2D eigenvalue weighted by atomic mass is 9.81. The van der Waals surface area contributed by atoms with Crippen molar-refractivity contribution in [2.45, 2.75) is 37.8 Å². The van der Waals surface area contributed by atoms with E-state index < -0.39 is 11.4 Å². The van der Waals surface area contributed by atoms with Gasteiger partial charge in [-0.05, 0) is 66.2 Å². The number of likely N-dealkylation sites (tertiary alicyclic amines) is 1. The number of carbonyl (C=O) groups is 2. The van der Waals surface area contributed by atoms with Gasteiger partial charge in [0.1, 0.15) is 5.82 Å². The Labute approximate surface area is 193 Å². The first-order valence-corrected chi connectivity index (χ1v) is 11.3. The van der Waals surface area contributed by atoms with Crippen molar-refractivity contribution in [3.63, 3.8) is 0 Å². The summed E-state index contributed by atoms with van der Waals surface area (Å²) in [4.78, 5) is 30.7. The van der Waals surface area contributed by atoms with Crippen LogP contribution in [0.1, 0.15) is 36.5 Å². The molecule has 0 unspecified atom stereocenters. The molecule has 9 heteroatoms. The molecule has 164 valence electrons. The molecule has 1 amide bonds. The van der Waals surface area contributed by atoms with Gasteiger partial charge in [0.15, 0.2) is 5.60 Å². The number of halogens is 2. The zero-order valence-electron chi connectivity index (χ0n) is 17.2. The number of nitrogens with zero attached hydrogens (tertiary/aromatic N) is 2. The van der Waals surface area contributed by atoms with Gasteiger partial charge in [-0.25, -0.2) is 4.39 Å². The van der Waals surface area contributed by atoms with Crippen LogP contribution in [0.4, 0.5) is 15.8 Å². The number of nitrogens with one attached hydrogen (secondary N) is 2. The lowest BCUT2D eigenvalue weighted by Gasteiger charge is -2.53. The molecule has 4 rings (SSSR count). The molecule has 31 heavy (non-hydrogen) atoms. The number of esters is 1. The molecule has 0 radical (unpaired) electrons. The van der Waals surface area contributed by atoms with Gasteiger partial charge in [0.2, 0.25) is 0 Å². The molecule has 1 atom stereocenters. The van der Waals surface area contributed by atoms with E-state index in [1.54, 1.807) is 23.1 Å². The summed E-state index contributed by atoms with van der Waals surface area (Å²) in [5, 5.41) is 6.42. The fourth-order valence-corrected chi connectivity index (χ4v) is 4.73. The van der Waals surface area contributed by atoms with Crippen LogP contribution in [-0.2, 0) is 9.53 Å². The van der Waals surface area contributed by atoms with Gasteiger partial charge in [-0.15, -0.1) is 0 Å². The minimum atomic E-state index is -0.704. The van der Waals surface area contributed by atoms with E-state index >= 15 is 0 Å². The van der Waals surface area contributed by atoms with Crippen LogP contribution in [0.15, 0.2) is 36.7 Å². The average Bonchev–Trinajstić information content (AvgIpc) is 2.73. The number of piperidine rings is 1. The Balaban J connectivity index is 1.52. The minimum Gasteiger partial charge on any atom is -0.454 e. The number of aromatic nitrogens is 1. The minimum absolute atomic E-state index is 0.0325. The highest BCUT2D eigenvalue weighted by Crippen LogP contribution is 2.35. The fourth-order valence-electron chi connectivity index (χ4n) is 4.27. The van der Waals surface area contributed by atoms with Crippen molar-refractivity contribution in [2.24, 2.45) is 0 Å². The molecule has 3 heterocycles. The maximum absolute atomic E-state index is 14.3. The molecule has 7 nitrogen and oxygen atoms in total. The number of hydrogen-bond acceptors (Lipinski definition) is 6. The highest BCUT2D eigenvalue weighted by atomic mass is 127. The molecule has 0 saturated carbocycles. The van der Waals surface area contributed by atoms with Crippen LogP contribution in [-0.4, -0.2) is 53.0 Å². The number of amides is 1. The normalized spacial score (nSPS) is 20.0. The highest BCUT2D eigenvalue weighted by molar-refractivity contribution is 14.1. The second-order valence-corrected chi connectivity index (χ2v) is 9.24. The maximum Gasteiger partial charge on any atom is 0.303 e. The molecule has 0 spiro atoms. The SMILES string of the molecule is CC(=O)OC1([C@@H]2CCCCN2)CN(C(=O)c2ccncc2Nc2ccc(I)cc2F)C1. The number of carbonyl (C=O) groups excluding carboxylic acids is 2. The number of ether oxygens (including phenoxy) is 1. The number of benzene rings is 1. The summed E-state index contributed by atoms with van der Waals surface area (Å²) in [6, 6.07) is 6.47. The van der Waals surface area contributed by atoms with Crippen molar-refractivity contribution in [1.82, 2.24) is 15.2 Å². The van der Waals surface area contributed by atoms with Gasteiger partial charge < -0.3 is 20.3 Å². The molecule has 2 aromatic rings. The second kappa shape index (κ2) is 9.07. The van der Waals surface area contributed by atoms with Crippen LogP contribution in [0, 0.1) is 9.39 Å². The summed E-state index contributed by atoms with van der Waals surface area (Å²) in [7, 11) is 0. The second-order valence-electron chi connectivity index (χ2n) is 7.99. The summed E-state index contributed by atoms with van der Waals surface area (Å²) >= 11 is 2.04. The Bertz CT molecular complexity index is 990. The predicted octanol–water partition coefficient (Wildman–Crippen LogP) is 3.47. The number of anilines is 2. The number of rotatable bonds is 5. The maximum atomic E-state index is 14.3. The Hall–Kier alpha value is -2.27. The zero-order valence-corrected chi connectivity index (χ0v) is 19.3. The van der Waals surface area contributed by atoms with Gasteiger partial charge >= 0.3 is 5.97 Å². The summed E-state index contributed by atoms with van der Waals surface area (Å²) in [5.41, 5.74) is 0.381. The molecular weight excluding hydrogens is 514 g/mol. The smallest absolute Gasteiger partial charge is 0.303 e. The first kappa shape index (κ1) is 21.9. The number of pyridine rings is 1. The van der Waals surface area contributed by atoms with Crippen LogP contribution in [0.25, 0.3) is 0 Å². The Morgan fingerprint density at radius 2 is 2.10 bits per heavy atom. The zero-order chi connectivity index (χ0) is 22.0. The van der Waals surface area contributed by atoms with Crippen LogP contribution >= 0.6 is 22.6 Å². The molecule has 2 aliphatic heterocycles. The van der Waals surface area contributed by atoms with Crippen molar-refractivity contribution in [1.29, 1.82) is 0 Å². The Morgan fingerprint density at radius 3 is 2.77 bits per heavy atom. The first-order valence-electron chi connectivity index (χ1n) is 10.3. The van der Waals surface area contributed by atoms with Crippen LogP contribution in [0.2, 0.25) is 0 Å².